The number of fused-ring (bicyclic) bond motifs is 2. The molecule has 3 saturated heterocycles. The summed E-state index contributed by atoms with van der Waals surface area (Å²) in [6.45, 7) is 9.74. The van der Waals surface area contributed by atoms with Gasteiger partial charge in [-0.2, -0.15) is 5.26 Å². The maximum Gasteiger partial charge on any atom is 0.475 e. The summed E-state index contributed by atoms with van der Waals surface area (Å²) in [6, 6.07) is 11.5. The normalized spacial score (nSPS) is 28.0. The number of morpholine rings is 1. The van der Waals surface area contributed by atoms with Crippen LogP contribution >= 0.6 is 0 Å². The summed E-state index contributed by atoms with van der Waals surface area (Å²) in [7, 11) is -1.76. The predicted octanol–water partition coefficient (Wildman–Crippen LogP) is 2.28. The fourth-order valence-corrected chi connectivity index (χ4v) is 6.80. The number of benzene rings is 1. The number of amides is 2. The van der Waals surface area contributed by atoms with E-state index in [1.165, 1.54) is 0 Å². The Morgan fingerprint density at radius 3 is 2.40 bits per heavy atom. The van der Waals surface area contributed by atoms with E-state index in [2.05, 4.69) is 30.1 Å². The highest BCUT2D eigenvalue weighted by Crippen LogP contribution is 2.47. The molecule has 218 valence electrons. The molecule has 4 rings (SSSR count). The van der Waals surface area contributed by atoms with Gasteiger partial charge in [-0.15, -0.1) is 0 Å². The minimum Gasteiger partial charge on any atom is -0.447 e. The molecule has 3 aliphatic heterocycles. The Bertz CT molecular complexity index is 1060. The highest BCUT2D eigenvalue weighted by molar-refractivity contribution is 6.43. The highest BCUT2D eigenvalue weighted by atomic mass is 16.6. The van der Waals surface area contributed by atoms with Gasteiger partial charge in [-0.3, -0.25) is 9.69 Å². The fourth-order valence-electron chi connectivity index (χ4n) is 6.80. The molecule has 0 saturated carbocycles. The summed E-state index contributed by atoms with van der Waals surface area (Å²) in [5, 5.41) is 32.3. The largest absolute Gasteiger partial charge is 0.475 e. The Hall–Kier alpha value is -2.65. The van der Waals surface area contributed by atoms with Crippen LogP contribution in [0.5, 0.6) is 0 Å². The van der Waals surface area contributed by atoms with Crippen LogP contribution < -0.4 is 5.32 Å². The summed E-state index contributed by atoms with van der Waals surface area (Å²) in [6.07, 6.45) is 3.05. The van der Waals surface area contributed by atoms with Crippen LogP contribution in [-0.4, -0.2) is 93.9 Å². The number of carbonyl (C=O) groups is 2. The van der Waals surface area contributed by atoms with Crippen LogP contribution in [-0.2, 0) is 20.7 Å². The average Bonchev–Trinajstić information content (AvgIpc) is 3.45. The third-order valence-corrected chi connectivity index (χ3v) is 8.87. The molecular weight excluding hydrogens is 511 g/mol. The van der Waals surface area contributed by atoms with E-state index in [0.29, 0.717) is 19.3 Å². The molecule has 3 heterocycles. The number of nitriles is 1. The molecule has 2 amide bonds. The van der Waals surface area contributed by atoms with Crippen molar-refractivity contribution in [3.05, 3.63) is 35.9 Å². The minimum atomic E-state index is -1.76. The predicted molar refractivity (Wildman–Crippen MR) is 150 cm³/mol. The van der Waals surface area contributed by atoms with Gasteiger partial charge in [0.1, 0.15) is 12.5 Å². The van der Waals surface area contributed by atoms with Gasteiger partial charge < -0.3 is 29.7 Å². The Kier molecular flexibility index (Phi) is 9.45. The second-order valence-electron chi connectivity index (χ2n) is 12.5. The van der Waals surface area contributed by atoms with Gasteiger partial charge >= 0.3 is 13.2 Å². The topological polar surface area (TPSA) is 135 Å². The van der Waals surface area contributed by atoms with Crippen molar-refractivity contribution in [1.82, 2.24) is 15.1 Å². The lowest BCUT2D eigenvalue weighted by Crippen LogP contribution is -2.57. The van der Waals surface area contributed by atoms with Crippen molar-refractivity contribution in [3.63, 3.8) is 0 Å². The van der Waals surface area contributed by atoms with E-state index in [9.17, 15) is 24.9 Å². The van der Waals surface area contributed by atoms with Crippen LogP contribution in [0.1, 0.15) is 65.4 Å². The van der Waals surface area contributed by atoms with Gasteiger partial charge in [0.25, 0.3) is 0 Å². The molecule has 0 spiro atoms. The molecule has 10 nitrogen and oxygen atoms in total. The first-order valence-electron chi connectivity index (χ1n) is 14.4. The zero-order valence-corrected chi connectivity index (χ0v) is 24.1. The molecule has 1 aromatic carbocycles. The Morgan fingerprint density at radius 2 is 1.82 bits per heavy atom. The monoisotopic (exact) mass is 554 g/mol. The number of nitrogens with one attached hydrogen (secondary N) is 1. The van der Waals surface area contributed by atoms with Crippen molar-refractivity contribution in [2.24, 2.45) is 5.92 Å². The van der Waals surface area contributed by atoms with Crippen molar-refractivity contribution < 1.29 is 29.1 Å². The lowest BCUT2D eigenvalue weighted by Gasteiger charge is -2.46. The summed E-state index contributed by atoms with van der Waals surface area (Å²) < 4.78 is 11.5. The minimum absolute atomic E-state index is 0.000683. The van der Waals surface area contributed by atoms with E-state index >= 15 is 0 Å². The van der Waals surface area contributed by atoms with Crippen molar-refractivity contribution >= 4 is 19.1 Å². The zero-order valence-electron chi connectivity index (χ0n) is 24.1. The van der Waals surface area contributed by atoms with Crippen LogP contribution in [0.15, 0.2) is 30.3 Å². The molecule has 3 N–H and O–H groups in total. The highest BCUT2D eigenvalue weighted by Gasteiger charge is 2.56. The van der Waals surface area contributed by atoms with Gasteiger partial charge in [-0.25, -0.2) is 4.79 Å². The fraction of sp³-hybridized carbons (Fsp3) is 0.690. The van der Waals surface area contributed by atoms with Crippen LogP contribution in [0.25, 0.3) is 0 Å². The van der Waals surface area contributed by atoms with Gasteiger partial charge in [-0.1, -0.05) is 30.3 Å². The standard InChI is InChI=1S/C29H43BN4O6/c1-20-17-33(18-21(2)40-20)28(3,4)15-23(16-31)26(35)34-24-10-12-29(34,13-11-24)19-39-27(36)32-25(30(37)38)14-22-8-6-5-7-9-22/h5-9,20-21,23-25,37-38H,10-15,17-19H2,1-4H3,(H,32,36)/t20-,21+,23?,24?,25-,29?/m0/s1. The SMILES string of the molecule is C[C@@H]1CN(C(C)(C)CC(C#N)C(=O)N2C3CCC2(COC(=O)N[C@@H](Cc2ccccc2)B(O)O)CC3)C[C@H](C)O1. The van der Waals surface area contributed by atoms with Gasteiger partial charge in [0.05, 0.1) is 29.8 Å². The number of carbonyl (C=O) groups excluding carboxylic acids is 2. The van der Waals surface area contributed by atoms with Gasteiger partial charge in [0.2, 0.25) is 5.91 Å². The maximum atomic E-state index is 13.9. The number of ether oxygens (including phenoxy) is 2. The summed E-state index contributed by atoms with van der Waals surface area (Å²) in [5.41, 5.74) is -0.173. The van der Waals surface area contributed by atoms with Crippen molar-refractivity contribution in [3.8, 4) is 6.07 Å². The molecule has 1 unspecified atom stereocenters. The van der Waals surface area contributed by atoms with Crippen LogP contribution in [0.4, 0.5) is 4.79 Å². The van der Waals surface area contributed by atoms with Crippen LogP contribution in [0, 0.1) is 17.2 Å². The molecule has 4 atom stereocenters. The quantitative estimate of drug-likeness (QED) is 0.375. The molecule has 0 aliphatic carbocycles. The molecular formula is C29H43BN4O6. The van der Waals surface area contributed by atoms with Crippen molar-refractivity contribution in [2.45, 2.75) is 101 Å². The number of alkyl carbamates (subject to hydrolysis) is 1. The number of rotatable bonds is 10. The molecule has 11 heteroatoms. The summed E-state index contributed by atoms with van der Waals surface area (Å²) in [4.78, 5) is 30.8. The number of nitrogens with zero attached hydrogens (tertiary/aromatic N) is 3. The Morgan fingerprint density at radius 1 is 1.20 bits per heavy atom. The van der Waals surface area contributed by atoms with Crippen LogP contribution in [0.3, 0.4) is 0 Å². The summed E-state index contributed by atoms with van der Waals surface area (Å²) >= 11 is 0. The van der Waals surface area contributed by atoms with Crippen LogP contribution in [0.2, 0.25) is 0 Å². The number of hydrogen-bond donors (Lipinski definition) is 3. The van der Waals surface area contributed by atoms with Gasteiger partial charge in [-0.05, 0) is 71.8 Å². The lowest BCUT2D eigenvalue weighted by atomic mass is 9.76. The first kappa shape index (κ1) is 30.3. The average molecular weight is 554 g/mol. The number of hydrogen-bond acceptors (Lipinski definition) is 8. The second kappa shape index (κ2) is 12.5. The third kappa shape index (κ3) is 6.80. The van der Waals surface area contributed by atoms with E-state index in [-0.39, 0.29) is 42.7 Å². The third-order valence-electron chi connectivity index (χ3n) is 8.87. The van der Waals surface area contributed by atoms with E-state index in [0.717, 1.165) is 31.5 Å². The maximum absolute atomic E-state index is 13.9. The molecule has 3 fully saturated rings. The van der Waals surface area contributed by atoms with E-state index in [4.69, 9.17) is 9.47 Å². The van der Waals surface area contributed by atoms with Gasteiger partial charge in [0, 0.05) is 24.7 Å². The molecule has 3 aliphatic rings. The summed E-state index contributed by atoms with van der Waals surface area (Å²) in [5.74, 6) is -1.95. The Labute approximate surface area is 237 Å². The lowest BCUT2D eigenvalue weighted by molar-refractivity contribution is -0.141. The van der Waals surface area contributed by atoms with Crippen molar-refractivity contribution in [2.75, 3.05) is 19.7 Å². The molecule has 0 aromatic heterocycles. The molecule has 0 radical (unpaired) electrons. The zero-order chi connectivity index (χ0) is 29.1. The Balaban J connectivity index is 1.39. The smallest absolute Gasteiger partial charge is 0.447 e. The second-order valence-corrected chi connectivity index (χ2v) is 12.5. The molecule has 2 bridgehead atoms. The van der Waals surface area contributed by atoms with Crippen molar-refractivity contribution in [1.29, 1.82) is 5.26 Å². The van der Waals surface area contributed by atoms with E-state index in [1.54, 1.807) is 0 Å². The first-order valence-corrected chi connectivity index (χ1v) is 14.4. The van der Waals surface area contributed by atoms with Gasteiger partial charge in [0.15, 0.2) is 0 Å². The van der Waals surface area contributed by atoms with E-state index in [1.807, 2.05) is 49.1 Å². The first-order chi connectivity index (χ1) is 18.9. The van der Waals surface area contributed by atoms with E-state index < -0.39 is 30.6 Å². The molecule has 40 heavy (non-hydrogen) atoms. The molecule has 1 aromatic rings.